The van der Waals surface area contributed by atoms with Crippen molar-refractivity contribution in [3.05, 3.63) is 58.6 Å². The molecule has 0 unspecified atom stereocenters. The zero-order valence-corrected chi connectivity index (χ0v) is 13.0. The van der Waals surface area contributed by atoms with Crippen LogP contribution in [0, 0.1) is 6.92 Å². The largest absolute Gasteiger partial charge is 0.388 e. The van der Waals surface area contributed by atoms with Crippen LogP contribution in [0.3, 0.4) is 0 Å². The fraction of sp³-hybridized carbons (Fsp3) is 0.118. The summed E-state index contributed by atoms with van der Waals surface area (Å²) < 4.78 is 1.03. The normalized spacial score (nSPS) is 10.8. The standard InChI is InChI=1S/C17H15BrN2/c1-11-8-13-16(19-2)10-15(12-6-4-3-5-7-12)20-17(13)14(18)9-11/h3-10H,1-2H3,(H,19,20). The fourth-order valence-corrected chi connectivity index (χ4v) is 3.05. The summed E-state index contributed by atoms with van der Waals surface area (Å²) in [5, 5.41) is 4.41. The zero-order valence-electron chi connectivity index (χ0n) is 11.4. The Bertz CT molecular complexity index is 767. The van der Waals surface area contributed by atoms with Gasteiger partial charge in [0.1, 0.15) is 0 Å². The number of pyridine rings is 1. The van der Waals surface area contributed by atoms with Crippen LogP contribution in [0.2, 0.25) is 0 Å². The van der Waals surface area contributed by atoms with Crippen LogP contribution < -0.4 is 5.32 Å². The van der Waals surface area contributed by atoms with Gasteiger partial charge in [0.15, 0.2) is 0 Å². The number of anilines is 1. The van der Waals surface area contributed by atoms with Crippen LogP contribution in [-0.2, 0) is 0 Å². The molecule has 0 bridgehead atoms. The predicted molar refractivity (Wildman–Crippen MR) is 89.2 cm³/mol. The van der Waals surface area contributed by atoms with E-state index in [-0.39, 0.29) is 0 Å². The van der Waals surface area contributed by atoms with Gasteiger partial charge in [0.25, 0.3) is 0 Å². The Kier molecular flexibility index (Phi) is 3.45. The molecule has 0 fully saturated rings. The summed E-state index contributed by atoms with van der Waals surface area (Å²) in [6.45, 7) is 2.09. The minimum absolute atomic E-state index is 0.979. The molecule has 0 radical (unpaired) electrons. The Labute approximate surface area is 127 Å². The highest BCUT2D eigenvalue weighted by Crippen LogP contribution is 2.32. The van der Waals surface area contributed by atoms with E-state index in [0.717, 1.165) is 32.3 Å². The van der Waals surface area contributed by atoms with E-state index in [1.807, 2.05) is 25.2 Å². The third kappa shape index (κ3) is 2.29. The molecule has 100 valence electrons. The molecule has 0 aliphatic rings. The Balaban J connectivity index is 2.32. The van der Waals surface area contributed by atoms with Crippen LogP contribution in [0.4, 0.5) is 5.69 Å². The number of hydrogen-bond acceptors (Lipinski definition) is 2. The van der Waals surface area contributed by atoms with Crippen molar-refractivity contribution in [2.75, 3.05) is 12.4 Å². The van der Waals surface area contributed by atoms with Gasteiger partial charge in [-0.3, -0.25) is 0 Å². The second-order valence-corrected chi connectivity index (χ2v) is 5.67. The summed E-state index contributed by atoms with van der Waals surface area (Å²) in [5.74, 6) is 0. The number of hydrogen-bond donors (Lipinski definition) is 1. The number of halogens is 1. The van der Waals surface area contributed by atoms with Crippen molar-refractivity contribution in [3.8, 4) is 11.3 Å². The number of rotatable bonds is 2. The molecule has 3 aromatic rings. The molecular formula is C17H15BrN2. The van der Waals surface area contributed by atoms with E-state index < -0.39 is 0 Å². The molecule has 3 heteroatoms. The van der Waals surface area contributed by atoms with Crippen LogP contribution in [0.5, 0.6) is 0 Å². The smallest absolute Gasteiger partial charge is 0.0872 e. The Morgan fingerprint density at radius 3 is 2.50 bits per heavy atom. The molecule has 0 amide bonds. The molecule has 2 aromatic carbocycles. The van der Waals surface area contributed by atoms with E-state index in [1.165, 1.54) is 5.56 Å². The van der Waals surface area contributed by atoms with Gasteiger partial charge in [0.2, 0.25) is 0 Å². The first-order valence-electron chi connectivity index (χ1n) is 6.53. The minimum atomic E-state index is 0.979. The molecule has 20 heavy (non-hydrogen) atoms. The number of benzene rings is 2. The number of nitrogens with one attached hydrogen (secondary N) is 1. The van der Waals surface area contributed by atoms with Crippen molar-refractivity contribution >= 4 is 32.5 Å². The number of fused-ring (bicyclic) bond motifs is 1. The van der Waals surface area contributed by atoms with E-state index >= 15 is 0 Å². The van der Waals surface area contributed by atoms with E-state index in [4.69, 9.17) is 4.98 Å². The topological polar surface area (TPSA) is 24.9 Å². The van der Waals surface area contributed by atoms with E-state index in [9.17, 15) is 0 Å². The van der Waals surface area contributed by atoms with Crippen LogP contribution in [0.15, 0.2) is 53.0 Å². The van der Waals surface area contributed by atoms with Crippen LogP contribution in [0.25, 0.3) is 22.2 Å². The van der Waals surface area contributed by atoms with Crippen molar-refractivity contribution in [1.82, 2.24) is 4.98 Å². The summed E-state index contributed by atoms with van der Waals surface area (Å²) in [6.07, 6.45) is 0. The molecular weight excluding hydrogens is 312 g/mol. The SMILES string of the molecule is CNc1cc(-c2ccccc2)nc2c(Br)cc(C)cc12. The average Bonchev–Trinajstić information content (AvgIpc) is 2.47. The summed E-state index contributed by atoms with van der Waals surface area (Å²) in [4.78, 5) is 4.81. The quantitative estimate of drug-likeness (QED) is 0.715. The lowest BCUT2D eigenvalue weighted by Gasteiger charge is -2.11. The Morgan fingerprint density at radius 2 is 1.80 bits per heavy atom. The lowest BCUT2D eigenvalue weighted by atomic mass is 10.1. The Morgan fingerprint density at radius 1 is 1.05 bits per heavy atom. The average molecular weight is 327 g/mol. The minimum Gasteiger partial charge on any atom is -0.388 e. The van der Waals surface area contributed by atoms with E-state index in [1.54, 1.807) is 0 Å². The highest BCUT2D eigenvalue weighted by atomic mass is 79.9. The van der Waals surface area contributed by atoms with Crippen molar-refractivity contribution in [2.45, 2.75) is 6.92 Å². The first kappa shape index (κ1) is 13.1. The molecule has 0 spiro atoms. The Hall–Kier alpha value is -1.87. The van der Waals surface area contributed by atoms with Crippen LogP contribution in [-0.4, -0.2) is 12.0 Å². The zero-order chi connectivity index (χ0) is 14.1. The lowest BCUT2D eigenvalue weighted by molar-refractivity contribution is 1.36. The number of aryl methyl sites for hydroxylation is 1. The maximum Gasteiger partial charge on any atom is 0.0872 e. The van der Waals surface area contributed by atoms with Gasteiger partial charge in [-0.15, -0.1) is 0 Å². The summed E-state index contributed by atoms with van der Waals surface area (Å²) in [6, 6.07) is 16.6. The van der Waals surface area contributed by atoms with Crippen molar-refractivity contribution in [1.29, 1.82) is 0 Å². The van der Waals surface area contributed by atoms with Gasteiger partial charge < -0.3 is 5.32 Å². The third-order valence-electron chi connectivity index (χ3n) is 3.35. The molecule has 0 saturated carbocycles. The molecule has 2 nitrogen and oxygen atoms in total. The summed E-state index contributed by atoms with van der Waals surface area (Å²) in [5.41, 5.74) is 5.40. The van der Waals surface area contributed by atoms with E-state index in [2.05, 4.69) is 58.5 Å². The number of aromatic nitrogens is 1. The van der Waals surface area contributed by atoms with Gasteiger partial charge >= 0.3 is 0 Å². The molecule has 0 saturated heterocycles. The maximum atomic E-state index is 4.81. The molecule has 3 rings (SSSR count). The predicted octanol–water partition coefficient (Wildman–Crippen LogP) is 5.01. The molecule has 0 aliphatic carbocycles. The third-order valence-corrected chi connectivity index (χ3v) is 3.95. The summed E-state index contributed by atoms with van der Waals surface area (Å²) >= 11 is 3.63. The molecule has 0 atom stereocenters. The van der Waals surface area contributed by atoms with Crippen molar-refractivity contribution < 1.29 is 0 Å². The molecule has 1 N–H and O–H groups in total. The second-order valence-electron chi connectivity index (χ2n) is 4.81. The lowest BCUT2D eigenvalue weighted by Crippen LogP contribution is -1.95. The van der Waals surface area contributed by atoms with Crippen molar-refractivity contribution in [2.24, 2.45) is 0 Å². The maximum absolute atomic E-state index is 4.81. The summed E-state index contributed by atoms with van der Waals surface area (Å²) in [7, 11) is 1.94. The molecule has 1 heterocycles. The highest BCUT2D eigenvalue weighted by Gasteiger charge is 2.09. The monoisotopic (exact) mass is 326 g/mol. The first-order chi connectivity index (χ1) is 9.69. The van der Waals surface area contributed by atoms with E-state index in [0.29, 0.717) is 0 Å². The second kappa shape index (κ2) is 5.25. The highest BCUT2D eigenvalue weighted by molar-refractivity contribution is 9.10. The van der Waals surface area contributed by atoms with Gasteiger partial charge in [-0.05, 0) is 46.6 Å². The van der Waals surface area contributed by atoms with Crippen LogP contribution >= 0.6 is 15.9 Å². The van der Waals surface area contributed by atoms with Gasteiger partial charge in [0.05, 0.1) is 11.2 Å². The van der Waals surface area contributed by atoms with Gasteiger partial charge in [-0.1, -0.05) is 30.3 Å². The first-order valence-corrected chi connectivity index (χ1v) is 7.32. The van der Waals surface area contributed by atoms with Crippen molar-refractivity contribution in [3.63, 3.8) is 0 Å². The van der Waals surface area contributed by atoms with Crippen LogP contribution in [0.1, 0.15) is 5.56 Å². The molecule has 0 aliphatic heterocycles. The van der Waals surface area contributed by atoms with Gasteiger partial charge in [-0.2, -0.15) is 0 Å². The fourth-order valence-electron chi connectivity index (χ4n) is 2.38. The molecule has 1 aromatic heterocycles. The number of nitrogens with zero attached hydrogens (tertiary/aromatic N) is 1. The van der Waals surface area contributed by atoms with Gasteiger partial charge in [-0.25, -0.2) is 4.98 Å². The van der Waals surface area contributed by atoms with Gasteiger partial charge in [0, 0.05) is 28.2 Å².